The third-order valence-corrected chi connectivity index (χ3v) is 5.70. The Morgan fingerprint density at radius 2 is 1.48 bits per heavy atom. The van der Waals surface area contributed by atoms with Gasteiger partial charge < -0.3 is 9.80 Å². The van der Waals surface area contributed by atoms with Crippen molar-refractivity contribution in [2.45, 2.75) is 19.1 Å². The normalized spacial score (nSPS) is 17.7. The van der Waals surface area contributed by atoms with Gasteiger partial charge in [-0.05, 0) is 37.3 Å². The van der Waals surface area contributed by atoms with Gasteiger partial charge in [-0.3, -0.25) is 19.3 Å². The highest BCUT2D eigenvalue weighted by molar-refractivity contribution is 6.22. The highest BCUT2D eigenvalue weighted by atomic mass is 19.4. The maximum absolute atomic E-state index is 13.0. The Bertz CT molecular complexity index is 1010. The molecule has 6 nitrogen and oxygen atoms in total. The molecule has 1 atom stereocenters. The third kappa shape index (κ3) is 3.75. The summed E-state index contributed by atoms with van der Waals surface area (Å²) in [4.78, 5) is 42.5. The molecule has 0 aliphatic carbocycles. The Hall–Kier alpha value is -3.36. The van der Waals surface area contributed by atoms with Gasteiger partial charge in [0.25, 0.3) is 11.8 Å². The number of anilines is 1. The van der Waals surface area contributed by atoms with Crippen molar-refractivity contribution >= 4 is 23.4 Å². The minimum Gasteiger partial charge on any atom is -0.368 e. The average Bonchev–Trinajstić information content (AvgIpc) is 3.03. The number of nitrogens with zero attached hydrogens (tertiary/aromatic N) is 3. The predicted octanol–water partition coefficient (Wildman–Crippen LogP) is 3.04. The first kappa shape index (κ1) is 20.9. The molecule has 4 rings (SSSR count). The van der Waals surface area contributed by atoms with Crippen LogP contribution in [-0.2, 0) is 11.0 Å². The smallest absolute Gasteiger partial charge is 0.368 e. The van der Waals surface area contributed by atoms with E-state index >= 15 is 0 Å². The summed E-state index contributed by atoms with van der Waals surface area (Å²) < 4.78 is 38.9. The average molecular weight is 431 g/mol. The Morgan fingerprint density at radius 1 is 0.903 bits per heavy atom. The lowest BCUT2D eigenvalue weighted by atomic mass is 10.1. The van der Waals surface area contributed by atoms with Gasteiger partial charge in [-0.25, -0.2) is 0 Å². The molecule has 162 valence electrons. The number of hydrogen-bond acceptors (Lipinski definition) is 4. The zero-order valence-corrected chi connectivity index (χ0v) is 16.7. The zero-order valence-electron chi connectivity index (χ0n) is 16.7. The largest absolute Gasteiger partial charge is 0.416 e. The monoisotopic (exact) mass is 431 g/mol. The number of carbonyl (C=O) groups excluding carboxylic acids is 3. The van der Waals surface area contributed by atoms with Gasteiger partial charge in [-0.15, -0.1) is 0 Å². The number of benzene rings is 2. The summed E-state index contributed by atoms with van der Waals surface area (Å²) in [5.41, 5.74) is 0.279. The molecule has 2 aliphatic rings. The fraction of sp³-hybridized carbons (Fsp3) is 0.318. The van der Waals surface area contributed by atoms with Crippen molar-refractivity contribution in [3.8, 4) is 0 Å². The Kier molecular flexibility index (Phi) is 5.20. The van der Waals surface area contributed by atoms with Crippen molar-refractivity contribution in [1.29, 1.82) is 0 Å². The lowest BCUT2D eigenvalue weighted by Gasteiger charge is -2.38. The van der Waals surface area contributed by atoms with Crippen LogP contribution in [0.1, 0.15) is 33.2 Å². The molecule has 0 bridgehead atoms. The summed E-state index contributed by atoms with van der Waals surface area (Å²) in [5, 5.41) is 0. The van der Waals surface area contributed by atoms with Crippen LogP contribution in [0.3, 0.4) is 0 Å². The summed E-state index contributed by atoms with van der Waals surface area (Å²) in [6, 6.07) is 10.5. The molecule has 2 heterocycles. The number of rotatable bonds is 3. The van der Waals surface area contributed by atoms with Crippen LogP contribution in [-0.4, -0.2) is 59.7 Å². The zero-order chi connectivity index (χ0) is 22.3. The number of alkyl halides is 3. The van der Waals surface area contributed by atoms with E-state index in [0.29, 0.717) is 18.8 Å². The molecule has 0 unspecified atom stereocenters. The lowest BCUT2D eigenvalue weighted by molar-refractivity contribution is -0.137. The maximum atomic E-state index is 13.0. The molecule has 1 fully saturated rings. The molecule has 1 saturated heterocycles. The van der Waals surface area contributed by atoms with Crippen LogP contribution in [0.25, 0.3) is 0 Å². The SMILES string of the molecule is C[C@@H](C(=O)N1CCN(c2cccc(C(F)(F)F)c2)CC1)N1C(=O)c2ccccc2C1=O. The van der Waals surface area contributed by atoms with E-state index in [4.69, 9.17) is 0 Å². The number of imide groups is 1. The van der Waals surface area contributed by atoms with Crippen molar-refractivity contribution in [2.75, 3.05) is 31.1 Å². The number of fused-ring (bicyclic) bond motifs is 1. The molecule has 0 radical (unpaired) electrons. The molecule has 2 aromatic rings. The van der Waals surface area contributed by atoms with Gasteiger partial charge in [0.15, 0.2) is 0 Å². The molecule has 0 spiro atoms. The van der Waals surface area contributed by atoms with Crippen molar-refractivity contribution < 1.29 is 27.6 Å². The standard InChI is InChI=1S/C22H20F3N3O3/c1-14(28-20(30)17-7-2-3-8-18(17)21(28)31)19(29)27-11-9-26(10-12-27)16-6-4-5-15(13-16)22(23,24)25/h2-8,13-14H,9-12H2,1H3/t14-/m0/s1. The van der Waals surface area contributed by atoms with Crippen LogP contribution < -0.4 is 4.90 Å². The van der Waals surface area contributed by atoms with Crippen LogP contribution in [0.4, 0.5) is 18.9 Å². The first-order valence-corrected chi connectivity index (χ1v) is 9.86. The topological polar surface area (TPSA) is 60.9 Å². The van der Waals surface area contributed by atoms with Gasteiger partial charge in [0.1, 0.15) is 6.04 Å². The minimum atomic E-state index is -4.42. The number of amides is 3. The fourth-order valence-corrected chi connectivity index (χ4v) is 4.00. The van der Waals surface area contributed by atoms with Crippen LogP contribution in [0, 0.1) is 0 Å². The lowest BCUT2D eigenvalue weighted by Crippen LogP contribution is -2.55. The van der Waals surface area contributed by atoms with Gasteiger partial charge in [0.2, 0.25) is 5.91 Å². The second-order valence-electron chi connectivity index (χ2n) is 7.56. The Balaban J connectivity index is 1.42. The number of piperazine rings is 1. The molecule has 0 aromatic heterocycles. The van der Waals surface area contributed by atoms with E-state index in [1.54, 1.807) is 40.1 Å². The quantitative estimate of drug-likeness (QED) is 0.701. The first-order chi connectivity index (χ1) is 14.7. The van der Waals surface area contributed by atoms with Gasteiger partial charge in [-0.1, -0.05) is 18.2 Å². The summed E-state index contributed by atoms with van der Waals surface area (Å²) in [6.07, 6.45) is -4.42. The van der Waals surface area contributed by atoms with Crippen LogP contribution >= 0.6 is 0 Å². The number of halogens is 3. The fourth-order valence-electron chi connectivity index (χ4n) is 4.00. The van der Waals surface area contributed by atoms with E-state index in [1.807, 2.05) is 0 Å². The van der Waals surface area contributed by atoms with Gasteiger partial charge >= 0.3 is 6.18 Å². The van der Waals surface area contributed by atoms with E-state index in [-0.39, 0.29) is 30.1 Å². The molecule has 31 heavy (non-hydrogen) atoms. The summed E-state index contributed by atoms with van der Waals surface area (Å²) in [6.45, 7) is 2.78. The molecular formula is C22H20F3N3O3. The van der Waals surface area contributed by atoms with Crippen LogP contribution in [0.2, 0.25) is 0 Å². The Labute approximate surface area is 176 Å². The van der Waals surface area contributed by atoms with E-state index in [1.165, 1.54) is 13.0 Å². The molecule has 0 saturated carbocycles. The molecule has 2 aromatic carbocycles. The maximum Gasteiger partial charge on any atom is 0.416 e. The molecule has 3 amide bonds. The third-order valence-electron chi connectivity index (χ3n) is 5.70. The van der Waals surface area contributed by atoms with Crippen molar-refractivity contribution in [2.24, 2.45) is 0 Å². The summed E-state index contributed by atoms with van der Waals surface area (Å²) in [5.74, 6) is -1.36. The van der Waals surface area contributed by atoms with Gasteiger partial charge in [-0.2, -0.15) is 13.2 Å². The highest BCUT2D eigenvalue weighted by Gasteiger charge is 2.42. The van der Waals surface area contributed by atoms with Crippen LogP contribution in [0.5, 0.6) is 0 Å². The van der Waals surface area contributed by atoms with E-state index in [9.17, 15) is 27.6 Å². The van der Waals surface area contributed by atoms with E-state index < -0.39 is 29.6 Å². The van der Waals surface area contributed by atoms with Crippen LogP contribution in [0.15, 0.2) is 48.5 Å². The first-order valence-electron chi connectivity index (χ1n) is 9.86. The van der Waals surface area contributed by atoms with E-state index in [0.717, 1.165) is 17.0 Å². The summed E-state index contributed by atoms with van der Waals surface area (Å²) >= 11 is 0. The molecular weight excluding hydrogens is 411 g/mol. The highest BCUT2D eigenvalue weighted by Crippen LogP contribution is 2.32. The minimum absolute atomic E-state index is 0.279. The molecule has 2 aliphatic heterocycles. The molecule has 9 heteroatoms. The van der Waals surface area contributed by atoms with Crippen molar-refractivity contribution in [1.82, 2.24) is 9.80 Å². The van der Waals surface area contributed by atoms with Gasteiger partial charge in [0.05, 0.1) is 16.7 Å². The second-order valence-corrected chi connectivity index (χ2v) is 7.56. The van der Waals surface area contributed by atoms with E-state index in [2.05, 4.69) is 0 Å². The van der Waals surface area contributed by atoms with Gasteiger partial charge in [0, 0.05) is 31.9 Å². The Morgan fingerprint density at radius 3 is 2.03 bits per heavy atom. The van der Waals surface area contributed by atoms with Crippen molar-refractivity contribution in [3.63, 3.8) is 0 Å². The molecule has 0 N–H and O–H groups in total. The second kappa shape index (κ2) is 7.72. The van der Waals surface area contributed by atoms with Crippen molar-refractivity contribution in [3.05, 3.63) is 65.2 Å². The summed E-state index contributed by atoms with van der Waals surface area (Å²) in [7, 11) is 0. The number of hydrogen-bond donors (Lipinski definition) is 0. The number of carbonyl (C=O) groups is 3. The predicted molar refractivity (Wildman–Crippen MR) is 107 cm³/mol.